The van der Waals surface area contributed by atoms with Gasteiger partial charge in [0.05, 0.1) is 11.7 Å². The Morgan fingerprint density at radius 2 is 1.74 bits per heavy atom. The average Bonchev–Trinajstić information content (AvgIpc) is 2.67. The molecule has 4 rings (SSSR count). The molecule has 134 valence electrons. The number of hydrogen-bond donors (Lipinski definition) is 1. The van der Waals surface area contributed by atoms with E-state index >= 15 is 0 Å². The normalized spacial score (nSPS) is 12.3. The summed E-state index contributed by atoms with van der Waals surface area (Å²) >= 11 is 0. The molecule has 0 amide bonds. The standard InChI is InChI=1S/C21H16F2N4/c22-15-6-13(7-16(23)9-15)8-20(24)21-19(11-26-12-27-21)18-3-1-2-14-10-25-5-4-17(14)18/h1-7,9-12,20H,8,24H2/t20-/m0/s1. The van der Waals surface area contributed by atoms with Gasteiger partial charge in [-0.05, 0) is 41.1 Å². The highest BCUT2D eigenvalue weighted by Gasteiger charge is 2.17. The first-order valence-corrected chi connectivity index (χ1v) is 8.45. The van der Waals surface area contributed by atoms with Gasteiger partial charge in [0.2, 0.25) is 0 Å². The van der Waals surface area contributed by atoms with Crippen LogP contribution in [0.3, 0.4) is 0 Å². The van der Waals surface area contributed by atoms with E-state index in [-0.39, 0.29) is 6.42 Å². The summed E-state index contributed by atoms with van der Waals surface area (Å²) in [6, 6.07) is 10.7. The lowest BCUT2D eigenvalue weighted by Gasteiger charge is -2.16. The fourth-order valence-electron chi connectivity index (χ4n) is 3.28. The van der Waals surface area contributed by atoms with Crippen molar-refractivity contribution in [3.63, 3.8) is 0 Å². The number of benzene rings is 2. The van der Waals surface area contributed by atoms with E-state index in [4.69, 9.17) is 5.73 Å². The zero-order valence-corrected chi connectivity index (χ0v) is 14.3. The van der Waals surface area contributed by atoms with Gasteiger partial charge in [0.15, 0.2) is 0 Å². The first kappa shape index (κ1) is 17.2. The maximum atomic E-state index is 13.5. The first-order chi connectivity index (χ1) is 13.1. The number of fused-ring (bicyclic) bond motifs is 1. The summed E-state index contributed by atoms with van der Waals surface area (Å²) in [5, 5.41) is 2.00. The molecule has 0 bridgehead atoms. The van der Waals surface area contributed by atoms with Gasteiger partial charge in [-0.1, -0.05) is 18.2 Å². The number of aromatic nitrogens is 3. The predicted octanol–water partition coefficient (Wildman–Crippen LogP) is 4.21. The van der Waals surface area contributed by atoms with Gasteiger partial charge in [-0.2, -0.15) is 0 Å². The molecule has 0 radical (unpaired) electrons. The van der Waals surface area contributed by atoms with Crippen LogP contribution in [0.15, 0.2) is 67.4 Å². The van der Waals surface area contributed by atoms with Gasteiger partial charge in [0.1, 0.15) is 18.0 Å². The van der Waals surface area contributed by atoms with Crippen molar-refractivity contribution in [1.29, 1.82) is 0 Å². The van der Waals surface area contributed by atoms with E-state index in [1.165, 1.54) is 18.5 Å². The summed E-state index contributed by atoms with van der Waals surface area (Å²) < 4.78 is 27.0. The molecular weight excluding hydrogens is 346 g/mol. The maximum Gasteiger partial charge on any atom is 0.126 e. The molecule has 4 nitrogen and oxygen atoms in total. The molecule has 0 aliphatic carbocycles. The third kappa shape index (κ3) is 3.52. The predicted molar refractivity (Wildman–Crippen MR) is 99.8 cm³/mol. The third-order valence-corrected chi connectivity index (χ3v) is 4.44. The molecule has 27 heavy (non-hydrogen) atoms. The molecule has 0 aliphatic rings. The van der Waals surface area contributed by atoms with Crippen molar-refractivity contribution in [3.05, 3.63) is 90.3 Å². The van der Waals surface area contributed by atoms with Gasteiger partial charge < -0.3 is 5.73 Å². The highest BCUT2D eigenvalue weighted by molar-refractivity contribution is 5.96. The summed E-state index contributed by atoms with van der Waals surface area (Å²) in [5.74, 6) is -1.25. The number of halogens is 2. The monoisotopic (exact) mass is 362 g/mol. The van der Waals surface area contributed by atoms with Crippen LogP contribution in [-0.4, -0.2) is 15.0 Å². The highest BCUT2D eigenvalue weighted by atomic mass is 19.1. The van der Waals surface area contributed by atoms with Crippen molar-refractivity contribution in [3.8, 4) is 11.1 Å². The van der Waals surface area contributed by atoms with Crippen molar-refractivity contribution in [2.45, 2.75) is 12.5 Å². The van der Waals surface area contributed by atoms with E-state index in [2.05, 4.69) is 15.0 Å². The Balaban J connectivity index is 1.76. The Hall–Kier alpha value is -3.25. The zero-order valence-electron chi connectivity index (χ0n) is 14.3. The van der Waals surface area contributed by atoms with Crippen molar-refractivity contribution < 1.29 is 8.78 Å². The van der Waals surface area contributed by atoms with E-state index in [1.54, 1.807) is 18.6 Å². The first-order valence-electron chi connectivity index (χ1n) is 8.45. The molecule has 2 N–H and O–H groups in total. The summed E-state index contributed by atoms with van der Waals surface area (Å²) in [6.45, 7) is 0. The van der Waals surface area contributed by atoms with Crippen LogP contribution >= 0.6 is 0 Å². The summed E-state index contributed by atoms with van der Waals surface area (Å²) in [6.07, 6.45) is 6.91. The zero-order chi connectivity index (χ0) is 18.8. The molecule has 2 aromatic heterocycles. The Labute approximate surface area is 154 Å². The van der Waals surface area contributed by atoms with Crippen molar-refractivity contribution in [2.24, 2.45) is 5.73 Å². The lowest BCUT2D eigenvalue weighted by atomic mass is 9.94. The molecule has 2 heterocycles. The minimum absolute atomic E-state index is 0.255. The van der Waals surface area contributed by atoms with Crippen LogP contribution < -0.4 is 5.73 Å². The number of nitrogens with zero attached hydrogens (tertiary/aromatic N) is 3. The van der Waals surface area contributed by atoms with Crippen molar-refractivity contribution in [1.82, 2.24) is 15.0 Å². The van der Waals surface area contributed by atoms with Crippen LogP contribution in [0.2, 0.25) is 0 Å². The highest BCUT2D eigenvalue weighted by Crippen LogP contribution is 2.32. The molecule has 0 saturated heterocycles. The van der Waals surface area contributed by atoms with Gasteiger partial charge in [-0.25, -0.2) is 18.7 Å². The van der Waals surface area contributed by atoms with Gasteiger partial charge in [-0.3, -0.25) is 4.98 Å². The number of rotatable bonds is 4. The van der Waals surface area contributed by atoms with Crippen LogP contribution in [0.25, 0.3) is 21.9 Å². The fourth-order valence-corrected chi connectivity index (χ4v) is 3.28. The Bertz CT molecular complexity index is 1090. The van der Waals surface area contributed by atoms with Crippen LogP contribution in [-0.2, 0) is 6.42 Å². The van der Waals surface area contributed by atoms with Gasteiger partial charge in [0, 0.05) is 35.6 Å². The molecule has 0 unspecified atom stereocenters. The van der Waals surface area contributed by atoms with E-state index in [1.807, 2.05) is 24.3 Å². The molecule has 4 aromatic rings. The second-order valence-electron chi connectivity index (χ2n) is 6.31. The van der Waals surface area contributed by atoms with Gasteiger partial charge in [0.25, 0.3) is 0 Å². The summed E-state index contributed by atoms with van der Waals surface area (Å²) in [7, 11) is 0. The number of nitrogens with two attached hydrogens (primary N) is 1. The van der Waals surface area contributed by atoms with Crippen molar-refractivity contribution in [2.75, 3.05) is 0 Å². The van der Waals surface area contributed by atoms with Crippen LogP contribution in [0.4, 0.5) is 8.78 Å². The van der Waals surface area contributed by atoms with Crippen LogP contribution in [0.5, 0.6) is 0 Å². The topological polar surface area (TPSA) is 64.7 Å². The second-order valence-corrected chi connectivity index (χ2v) is 6.31. The molecule has 0 spiro atoms. The summed E-state index contributed by atoms with van der Waals surface area (Å²) in [5.41, 5.74) is 9.19. The molecule has 2 aromatic carbocycles. The van der Waals surface area contributed by atoms with Gasteiger partial charge in [-0.15, -0.1) is 0 Å². The molecule has 0 saturated carbocycles. The SMILES string of the molecule is N[C@@H](Cc1cc(F)cc(F)c1)c1ncncc1-c1cccc2cnccc12. The van der Waals surface area contributed by atoms with E-state index < -0.39 is 17.7 Å². The molecule has 6 heteroatoms. The van der Waals surface area contributed by atoms with Crippen LogP contribution in [0.1, 0.15) is 17.3 Å². The lowest BCUT2D eigenvalue weighted by molar-refractivity contribution is 0.575. The Morgan fingerprint density at radius 3 is 2.56 bits per heavy atom. The number of hydrogen-bond acceptors (Lipinski definition) is 4. The maximum absolute atomic E-state index is 13.5. The largest absolute Gasteiger partial charge is 0.322 e. The third-order valence-electron chi connectivity index (χ3n) is 4.44. The average molecular weight is 362 g/mol. The van der Waals surface area contributed by atoms with Gasteiger partial charge >= 0.3 is 0 Å². The Kier molecular flexibility index (Phi) is 4.56. The van der Waals surface area contributed by atoms with E-state index in [0.717, 1.165) is 28.0 Å². The fraction of sp³-hybridized carbons (Fsp3) is 0.0952. The molecule has 0 fully saturated rings. The lowest BCUT2D eigenvalue weighted by Crippen LogP contribution is -2.16. The quantitative estimate of drug-likeness (QED) is 0.591. The minimum atomic E-state index is -0.623. The second kappa shape index (κ2) is 7.17. The van der Waals surface area contributed by atoms with Crippen molar-refractivity contribution >= 4 is 10.8 Å². The summed E-state index contributed by atoms with van der Waals surface area (Å²) in [4.78, 5) is 12.7. The van der Waals surface area contributed by atoms with Crippen LogP contribution in [0, 0.1) is 11.6 Å². The smallest absolute Gasteiger partial charge is 0.126 e. The molecule has 0 aliphatic heterocycles. The minimum Gasteiger partial charge on any atom is -0.322 e. The number of pyridine rings is 1. The Morgan fingerprint density at radius 1 is 0.926 bits per heavy atom. The van der Waals surface area contributed by atoms with E-state index in [9.17, 15) is 8.78 Å². The van der Waals surface area contributed by atoms with E-state index in [0.29, 0.717) is 11.3 Å². The molecule has 1 atom stereocenters. The molecular formula is C21H16F2N4.